The van der Waals surface area contributed by atoms with E-state index in [1.807, 2.05) is 13.8 Å². The van der Waals surface area contributed by atoms with Gasteiger partial charge in [-0.15, -0.1) is 0 Å². The number of halogens is 1. The van der Waals surface area contributed by atoms with Crippen molar-refractivity contribution in [1.29, 1.82) is 5.26 Å². The predicted molar refractivity (Wildman–Crippen MR) is 73.0 cm³/mol. The molecule has 2 N–H and O–H groups in total. The van der Waals surface area contributed by atoms with Crippen molar-refractivity contribution in [3.05, 3.63) is 29.6 Å². The second-order valence-corrected chi connectivity index (χ2v) is 5.30. The Morgan fingerprint density at radius 2 is 2.05 bits per heavy atom. The zero-order chi connectivity index (χ0) is 14.3. The van der Waals surface area contributed by atoms with Gasteiger partial charge >= 0.3 is 0 Å². The lowest BCUT2D eigenvalue weighted by Crippen LogP contribution is -2.08. The molecule has 104 valence electrons. The van der Waals surface area contributed by atoms with Crippen LogP contribution in [0.25, 0.3) is 0 Å². The van der Waals surface area contributed by atoms with Crippen molar-refractivity contribution in [1.82, 2.24) is 0 Å². The number of benzene rings is 1. The fourth-order valence-electron chi connectivity index (χ4n) is 1.74. The van der Waals surface area contributed by atoms with Gasteiger partial charge in [0.25, 0.3) is 0 Å². The van der Waals surface area contributed by atoms with Crippen molar-refractivity contribution in [2.24, 2.45) is 11.1 Å². The second-order valence-electron chi connectivity index (χ2n) is 5.30. The fourth-order valence-corrected chi connectivity index (χ4v) is 1.74. The Hall–Kier alpha value is -1.60. The Morgan fingerprint density at radius 3 is 2.68 bits per heavy atom. The number of ether oxygens (including phenoxy) is 1. The van der Waals surface area contributed by atoms with Crippen molar-refractivity contribution < 1.29 is 9.13 Å². The van der Waals surface area contributed by atoms with Gasteiger partial charge in [-0.2, -0.15) is 5.26 Å². The maximum absolute atomic E-state index is 13.2. The van der Waals surface area contributed by atoms with Crippen LogP contribution in [0.5, 0.6) is 5.75 Å². The molecule has 0 aromatic heterocycles. The third-order valence-electron chi connectivity index (χ3n) is 2.93. The molecule has 1 aromatic rings. The first-order chi connectivity index (χ1) is 8.96. The van der Waals surface area contributed by atoms with Crippen LogP contribution in [0.2, 0.25) is 0 Å². The first-order valence-corrected chi connectivity index (χ1v) is 6.50. The highest BCUT2D eigenvalue weighted by molar-refractivity contribution is 5.29. The average molecular weight is 264 g/mol. The topological polar surface area (TPSA) is 59.0 Å². The largest absolute Gasteiger partial charge is 0.493 e. The van der Waals surface area contributed by atoms with Gasteiger partial charge in [0, 0.05) is 12.6 Å². The molecule has 4 heteroatoms. The lowest BCUT2D eigenvalue weighted by atomic mass is 9.89. The number of unbranched alkanes of at least 4 members (excludes halogenated alkanes) is 1. The maximum atomic E-state index is 13.2. The van der Waals surface area contributed by atoms with Gasteiger partial charge in [-0.3, -0.25) is 0 Å². The van der Waals surface area contributed by atoms with E-state index in [0.29, 0.717) is 18.9 Å². The molecule has 3 nitrogen and oxygen atoms in total. The first-order valence-electron chi connectivity index (χ1n) is 6.50. The Balaban J connectivity index is 2.34. The summed E-state index contributed by atoms with van der Waals surface area (Å²) >= 11 is 0. The molecule has 0 saturated carbocycles. The van der Waals surface area contributed by atoms with Crippen LogP contribution in [-0.2, 0) is 6.54 Å². The predicted octanol–water partition coefficient (Wildman–Crippen LogP) is 3.38. The Labute approximate surface area is 114 Å². The molecule has 0 aliphatic heterocycles. The summed E-state index contributed by atoms with van der Waals surface area (Å²) in [6.07, 6.45) is 2.60. The van der Waals surface area contributed by atoms with Gasteiger partial charge in [0.2, 0.25) is 0 Å². The number of rotatable bonds is 7. The minimum Gasteiger partial charge on any atom is -0.493 e. The smallest absolute Gasteiger partial charge is 0.127 e. The molecule has 0 bridgehead atoms. The van der Waals surface area contributed by atoms with E-state index in [0.717, 1.165) is 24.8 Å². The van der Waals surface area contributed by atoms with E-state index >= 15 is 0 Å². The van der Waals surface area contributed by atoms with Crippen LogP contribution >= 0.6 is 0 Å². The van der Waals surface area contributed by atoms with E-state index in [1.165, 1.54) is 12.1 Å². The van der Waals surface area contributed by atoms with Gasteiger partial charge in [-0.25, -0.2) is 4.39 Å². The molecule has 0 fully saturated rings. The SMILES string of the molecule is CC(C)(C#N)CCCCOc1cc(F)cc(CN)c1. The summed E-state index contributed by atoms with van der Waals surface area (Å²) in [6.45, 7) is 4.67. The molecule has 0 amide bonds. The lowest BCUT2D eigenvalue weighted by molar-refractivity contribution is 0.293. The Kier molecular flexibility index (Phi) is 5.78. The van der Waals surface area contributed by atoms with Gasteiger partial charge in [0.1, 0.15) is 11.6 Å². The molecule has 0 atom stereocenters. The first kappa shape index (κ1) is 15.5. The summed E-state index contributed by atoms with van der Waals surface area (Å²) in [5.74, 6) is 0.184. The molecule has 0 radical (unpaired) electrons. The average Bonchev–Trinajstić information content (AvgIpc) is 2.37. The molecule has 1 aromatic carbocycles. The molecule has 1 rings (SSSR count). The number of hydrogen-bond acceptors (Lipinski definition) is 3. The van der Waals surface area contributed by atoms with Crippen LogP contribution in [-0.4, -0.2) is 6.61 Å². The summed E-state index contributed by atoms with van der Waals surface area (Å²) < 4.78 is 18.7. The van der Waals surface area contributed by atoms with Crippen LogP contribution in [0.3, 0.4) is 0 Å². The van der Waals surface area contributed by atoms with E-state index in [2.05, 4.69) is 6.07 Å². The standard InChI is InChI=1S/C15H21FN2O/c1-15(2,11-18)5-3-4-6-19-14-8-12(10-17)7-13(16)9-14/h7-9H,3-6,10,17H2,1-2H3. The van der Waals surface area contributed by atoms with Gasteiger partial charge in [0.05, 0.1) is 18.1 Å². The van der Waals surface area contributed by atoms with Crippen molar-refractivity contribution in [3.8, 4) is 11.8 Å². The second kappa shape index (κ2) is 7.10. The minimum atomic E-state index is -0.330. The van der Waals surface area contributed by atoms with Crippen molar-refractivity contribution >= 4 is 0 Å². The highest BCUT2D eigenvalue weighted by Gasteiger charge is 2.15. The van der Waals surface area contributed by atoms with E-state index in [-0.39, 0.29) is 11.2 Å². The van der Waals surface area contributed by atoms with Crippen LogP contribution < -0.4 is 10.5 Å². The molecule has 0 unspecified atom stereocenters. The number of nitrogens with zero attached hydrogens (tertiary/aromatic N) is 1. The Morgan fingerprint density at radius 1 is 1.32 bits per heavy atom. The minimum absolute atomic E-state index is 0.286. The highest BCUT2D eigenvalue weighted by atomic mass is 19.1. The normalized spacial score (nSPS) is 11.1. The van der Waals surface area contributed by atoms with E-state index in [9.17, 15) is 4.39 Å². The zero-order valence-electron chi connectivity index (χ0n) is 11.6. The summed E-state index contributed by atoms with van der Waals surface area (Å²) in [4.78, 5) is 0. The van der Waals surface area contributed by atoms with Crippen LogP contribution in [0.4, 0.5) is 4.39 Å². The highest BCUT2D eigenvalue weighted by Crippen LogP contribution is 2.22. The molecular weight excluding hydrogens is 243 g/mol. The zero-order valence-corrected chi connectivity index (χ0v) is 11.6. The molecule has 0 aliphatic carbocycles. The summed E-state index contributed by atoms with van der Waals surface area (Å²) in [6, 6.07) is 6.78. The van der Waals surface area contributed by atoms with Gasteiger partial charge in [-0.1, -0.05) is 0 Å². The molecule has 0 spiro atoms. The number of nitriles is 1. The van der Waals surface area contributed by atoms with Crippen molar-refractivity contribution in [2.75, 3.05) is 6.61 Å². The summed E-state index contributed by atoms with van der Waals surface area (Å²) in [7, 11) is 0. The fraction of sp³-hybridized carbons (Fsp3) is 0.533. The third-order valence-corrected chi connectivity index (χ3v) is 2.93. The van der Waals surface area contributed by atoms with Crippen LogP contribution in [0, 0.1) is 22.6 Å². The van der Waals surface area contributed by atoms with E-state index in [1.54, 1.807) is 6.07 Å². The third kappa shape index (κ3) is 5.71. The summed E-state index contributed by atoms with van der Waals surface area (Å²) in [5.41, 5.74) is 5.91. The molecule has 0 saturated heterocycles. The van der Waals surface area contributed by atoms with E-state index in [4.69, 9.17) is 15.7 Å². The number of hydrogen-bond donors (Lipinski definition) is 1. The molecule has 0 heterocycles. The quantitative estimate of drug-likeness (QED) is 0.768. The Bertz CT molecular complexity index is 452. The van der Waals surface area contributed by atoms with Crippen LogP contribution in [0.15, 0.2) is 18.2 Å². The van der Waals surface area contributed by atoms with Gasteiger partial charge in [-0.05, 0) is 50.8 Å². The van der Waals surface area contributed by atoms with Gasteiger partial charge < -0.3 is 10.5 Å². The van der Waals surface area contributed by atoms with Gasteiger partial charge in [0.15, 0.2) is 0 Å². The molecule has 0 aliphatic rings. The van der Waals surface area contributed by atoms with E-state index < -0.39 is 0 Å². The van der Waals surface area contributed by atoms with Crippen molar-refractivity contribution in [3.63, 3.8) is 0 Å². The molecule has 19 heavy (non-hydrogen) atoms. The lowest BCUT2D eigenvalue weighted by Gasteiger charge is -2.14. The van der Waals surface area contributed by atoms with Crippen molar-refractivity contribution in [2.45, 2.75) is 39.7 Å². The molecular formula is C15H21FN2O. The monoisotopic (exact) mass is 264 g/mol. The van der Waals surface area contributed by atoms with Crippen LogP contribution in [0.1, 0.15) is 38.7 Å². The number of nitrogens with two attached hydrogens (primary N) is 1. The maximum Gasteiger partial charge on any atom is 0.127 e. The summed E-state index contributed by atoms with van der Waals surface area (Å²) in [5, 5.41) is 8.88.